The van der Waals surface area contributed by atoms with Crippen molar-refractivity contribution in [2.45, 2.75) is 13.0 Å². The number of aromatic carboxylic acids is 1. The van der Waals surface area contributed by atoms with E-state index in [-0.39, 0.29) is 41.8 Å². The van der Waals surface area contributed by atoms with Crippen molar-refractivity contribution in [3.8, 4) is 5.75 Å². The molecule has 1 fully saturated rings. The second kappa shape index (κ2) is 8.27. The number of hydrogen-bond acceptors (Lipinski definition) is 7. The second-order valence-corrected chi connectivity index (χ2v) is 7.72. The zero-order chi connectivity index (χ0) is 21.7. The van der Waals surface area contributed by atoms with Gasteiger partial charge in [-0.15, -0.1) is 12.4 Å². The lowest BCUT2D eigenvalue weighted by atomic mass is 10.1. The van der Waals surface area contributed by atoms with Crippen molar-refractivity contribution in [1.29, 1.82) is 0 Å². The van der Waals surface area contributed by atoms with Crippen molar-refractivity contribution in [3.05, 3.63) is 52.5 Å². The normalized spacial score (nSPS) is 17.6. The van der Waals surface area contributed by atoms with Gasteiger partial charge in [-0.2, -0.15) is 0 Å². The molecule has 0 spiro atoms. The molecule has 2 aliphatic heterocycles. The third kappa shape index (κ3) is 3.40. The number of piperazine rings is 1. The van der Waals surface area contributed by atoms with Crippen LogP contribution in [0.25, 0.3) is 10.9 Å². The highest BCUT2D eigenvalue weighted by Crippen LogP contribution is 2.42. The monoisotopic (exact) mass is 461 g/mol. The average molecular weight is 462 g/mol. The quantitative estimate of drug-likeness (QED) is 0.634. The molecule has 0 aliphatic carbocycles. The molecule has 9 nitrogen and oxygen atoms in total. The van der Waals surface area contributed by atoms with Crippen molar-refractivity contribution in [2.24, 2.45) is 0 Å². The van der Waals surface area contributed by atoms with Gasteiger partial charge in [0, 0.05) is 38.6 Å². The van der Waals surface area contributed by atoms with Crippen LogP contribution in [0.5, 0.6) is 5.75 Å². The lowest BCUT2D eigenvalue weighted by molar-refractivity contribution is 0.0694. The van der Waals surface area contributed by atoms with Gasteiger partial charge in [-0.1, -0.05) is 0 Å². The molecule has 1 N–H and O–H groups in total. The summed E-state index contributed by atoms with van der Waals surface area (Å²) in [4.78, 5) is 36.4. The van der Waals surface area contributed by atoms with Crippen molar-refractivity contribution >= 4 is 40.8 Å². The Hall–Kier alpha value is -3.40. The molecular weight excluding hydrogens is 441 g/mol. The van der Waals surface area contributed by atoms with Crippen LogP contribution in [0.15, 0.2) is 35.6 Å². The minimum atomic E-state index is -1.33. The summed E-state index contributed by atoms with van der Waals surface area (Å²) < 4.78 is 22.9. The zero-order valence-electron chi connectivity index (χ0n) is 17.2. The number of ether oxygens (including phenoxy) is 1. The first kappa shape index (κ1) is 21.8. The van der Waals surface area contributed by atoms with Crippen LogP contribution in [-0.2, 0) is 0 Å². The Kier molecular flexibility index (Phi) is 5.64. The lowest BCUT2D eigenvalue weighted by Gasteiger charge is -2.38. The predicted molar refractivity (Wildman–Crippen MR) is 119 cm³/mol. The molecule has 5 rings (SSSR count). The fourth-order valence-corrected chi connectivity index (χ4v) is 4.29. The van der Waals surface area contributed by atoms with Crippen molar-refractivity contribution < 1.29 is 19.0 Å². The number of aromatic nitrogens is 3. The molecule has 168 valence electrons. The highest BCUT2D eigenvalue weighted by molar-refractivity contribution is 5.97. The first-order valence-electron chi connectivity index (χ1n) is 9.99. The summed E-state index contributed by atoms with van der Waals surface area (Å²) in [6, 6.07) is 2.78. The number of carbonyl (C=O) groups is 1. The predicted octanol–water partition coefficient (Wildman–Crippen LogP) is 2.33. The van der Waals surface area contributed by atoms with E-state index in [4.69, 9.17) is 4.74 Å². The smallest absolute Gasteiger partial charge is 0.341 e. The van der Waals surface area contributed by atoms with E-state index in [0.717, 1.165) is 11.9 Å². The molecule has 0 amide bonds. The first-order valence-corrected chi connectivity index (χ1v) is 9.99. The molecule has 0 radical (unpaired) electrons. The number of pyridine rings is 1. The third-order valence-electron chi connectivity index (χ3n) is 5.86. The summed E-state index contributed by atoms with van der Waals surface area (Å²) in [5.41, 5.74) is -0.351. The average Bonchev–Trinajstić information content (AvgIpc) is 2.78. The van der Waals surface area contributed by atoms with Crippen LogP contribution in [0.3, 0.4) is 0 Å². The number of carboxylic acids is 1. The van der Waals surface area contributed by atoms with Gasteiger partial charge < -0.3 is 24.2 Å². The van der Waals surface area contributed by atoms with E-state index >= 15 is 4.39 Å². The number of anilines is 2. The van der Waals surface area contributed by atoms with Crippen LogP contribution in [0.4, 0.5) is 15.9 Å². The molecule has 32 heavy (non-hydrogen) atoms. The minimum absolute atomic E-state index is 0. The maximum Gasteiger partial charge on any atom is 0.341 e. The molecule has 2 aliphatic rings. The fraction of sp³-hybridized carbons (Fsp3) is 0.333. The van der Waals surface area contributed by atoms with E-state index in [1.54, 1.807) is 10.8 Å². The van der Waals surface area contributed by atoms with Crippen molar-refractivity contribution in [1.82, 2.24) is 14.5 Å². The van der Waals surface area contributed by atoms with E-state index in [0.29, 0.717) is 37.4 Å². The topological polar surface area (TPSA) is 101 Å². The summed E-state index contributed by atoms with van der Waals surface area (Å²) in [5.74, 6) is -0.826. The molecular formula is C21H21ClFN5O4. The van der Waals surface area contributed by atoms with Gasteiger partial charge in [-0.05, 0) is 19.1 Å². The standard InChI is InChI=1S/C21H20FN5O4.ClH/c1-12-10-31-20-17-13(19(28)14(21(29)30)9-27(12)17)8-15(22)18(20)26-6-4-25(5-7-26)16-2-3-23-11-24-16;/h2-3,8-9,11-12H,4-7,10H2,1H3,(H,29,30);1H/t12-;/m0./s1. The van der Waals surface area contributed by atoms with E-state index in [1.807, 2.05) is 17.9 Å². The Bertz CT molecular complexity index is 1240. The minimum Gasteiger partial charge on any atom is -0.487 e. The fourth-order valence-electron chi connectivity index (χ4n) is 4.29. The Labute approximate surface area is 188 Å². The van der Waals surface area contributed by atoms with Crippen LogP contribution in [0.2, 0.25) is 0 Å². The van der Waals surface area contributed by atoms with Crippen molar-refractivity contribution in [2.75, 3.05) is 42.6 Å². The first-order chi connectivity index (χ1) is 15.0. The zero-order valence-corrected chi connectivity index (χ0v) is 18.0. The Morgan fingerprint density at radius 2 is 1.97 bits per heavy atom. The highest BCUT2D eigenvalue weighted by Gasteiger charge is 2.31. The van der Waals surface area contributed by atoms with Gasteiger partial charge in [-0.25, -0.2) is 19.2 Å². The van der Waals surface area contributed by atoms with Gasteiger partial charge in [0.1, 0.15) is 30.0 Å². The SMILES string of the molecule is C[C@H]1COc2c(N3CCN(c4ccncn4)CC3)c(F)cc3c(=O)c(C(=O)O)cn1c23.Cl. The summed E-state index contributed by atoms with van der Waals surface area (Å²) >= 11 is 0. The molecule has 1 saturated heterocycles. The Balaban J connectivity index is 0.00000245. The van der Waals surface area contributed by atoms with Crippen LogP contribution in [0.1, 0.15) is 23.3 Å². The van der Waals surface area contributed by atoms with Gasteiger partial charge in [0.05, 0.1) is 16.9 Å². The van der Waals surface area contributed by atoms with Crippen LogP contribution in [0, 0.1) is 5.82 Å². The van der Waals surface area contributed by atoms with Crippen molar-refractivity contribution in [3.63, 3.8) is 0 Å². The number of benzene rings is 1. The van der Waals surface area contributed by atoms with Gasteiger partial charge in [0.2, 0.25) is 5.43 Å². The molecule has 11 heteroatoms. The molecule has 4 heterocycles. The van der Waals surface area contributed by atoms with E-state index < -0.39 is 17.2 Å². The van der Waals surface area contributed by atoms with E-state index in [1.165, 1.54) is 12.5 Å². The van der Waals surface area contributed by atoms with Gasteiger partial charge in [0.15, 0.2) is 11.6 Å². The molecule has 3 aromatic rings. The summed E-state index contributed by atoms with van der Waals surface area (Å²) in [6.45, 7) is 4.46. The molecule has 2 aromatic heterocycles. The number of nitrogens with zero attached hydrogens (tertiary/aromatic N) is 5. The number of rotatable bonds is 3. The molecule has 1 aromatic carbocycles. The largest absolute Gasteiger partial charge is 0.487 e. The van der Waals surface area contributed by atoms with Gasteiger partial charge >= 0.3 is 5.97 Å². The lowest BCUT2D eigenvalue weighted by Crippen LogP contribution is -2.47. The molecule has 0 saturated carbocycles. The maximum absolute atomic E-state index is 15.3. The second-order valence-electron chi connectivity index (χ2n) is 7.72. The summed E-state index contributed by atoms with van der Waals surface area (Å²) in [6.07, 6.45) is 4.51. The summed E-state index contributed by atoms with van der Waals surface area (Å²) in [7, 11) is 0. The van der Waals surface area contributed by atoms with E-state index in [2.05, 4.69) is 14.9 Å². The molecule has 1 atom stereocenters. The van der Waals surface area contributed by atoms with Crippen LogP contribution < -0.4 is 20.0 Å². The van der Waals surface area contributed by atoms with Gasteiger partial charge in [-0.3, -0.25) is 4.79 Å². The molecule has 0 bridgehead atoms. The number of carboxylic acid groups (broad SMARTS) is 1. The molecule has 0 unspecified atom stereocenters. The number of halogens is 2. The Morgan fingerprint density at radius 3 is 2.62 bits per heavy atom. The van der Waals surface area contributed by atoms with Crippen LogP contribution >= 0.6 is 12.4 Å². The highest BCUT2D eigenvalue weighted by atomic mass is 35.5. The maximum atomic E-state index is 15.3. The third-order valence-corrected chi connectivity index (χ3v) is 5.86. The van der Waals surface area contributed by atoms with Crippen LogP contribution in [-0.4, -0.2) is 58.4 Å². The Morgan fingerprint density at radius 1 is 1.25 bits per heavy atom. The number of hydrogen-bond donors (Lipinski definition) is 1. The summed E-state index contributed by atoms with van der Waals surface area (Å²) in [5, 5.41) is 9.42. The van der Waals surface area contributed by atoms with Gasteiger partial charge in [0.25, 0.3) is 0 Å². The van der Waals surface area contributed by atoms with E-state index in [9.17, 15) is 14.7 Å².